The Morgan fingerprint density at radius 1 is 1.23 bits per heavy atom. The number of carbonyl (C=O) groups is 1. The van der Waals surface area contributed by atoms with Crippen LogP contribution in [0.1, 0.15) is 23.2 Å². The molecule has 2 bridgehead atoms. The van der Waals surface area contributed by atoms with Gasteiger partial charge in [0.15, 0.2) is 0 Å². The van der Waals surface area contributed by atoms with Crippen LogP contribution in [0.15, 0.2) is 42.7 Å². The van der Waals surface area contributed by atoms with Gasteiger partial charge in [0.1, 0.15) is 5.00 Å². The van der Waals surface area contributed by atoms with Crippen molar-refractivity contribution in [1.29, 1.82) is 0 Å². The molecule has 0 radical (unpaired) electrons. The van der Waals surface area contributed by atoms with E-state index in [2.05, 4.69) is 15.0 Å². The predicted octanol–water partition coefficient (Wildman–Crippen LogP) is 2.34. The molecule has 2 fully saturated rings. The zero-order valence-electron chi connectivity index (χ0n) is 14.2. The van der Waals surface area contributed by atoms with Crippen LogP contribution in [-0.4, -0.2) is 46.2 Å². The van der Waals surface area contributed by atoms with E-state index in [-0.39, 0.29) is 11.9 Å². The Morgan fingerprint density at radius 3 is 2.81 bits per heavy atom. The number of morpholine rings is 1. The quantitative estimate of drug-likeness (QED) is 0.745. The van der Waals surface area contributed by atoms with Gasteiger partial charge in [0.05, 0.1) is 24.3 Å². The number of aromatic nitrogens is 2. The molecule has 6 nitrogen and oxygen atoms in total. The first-order valence-corrected chi connectivity index (χ1v) is 9.71. The molecule has 26 heavy (non-hydrogen) atoms. The lowest BCUT2D eigenvalue weighted by Crippen LogP contribution is -2.58. The van der Waals surface area contributed by atoms with Gasteiger partial charge in [-0.15, -0.1) is 0 Å². The van der Waals surface area contributed by atoms with E-state index in [1.54, 1.807) is 6.20 Å². The third kappa shape index (κ3) is 2.82. The molecule has 3 atom stereocenters. The SMILES string of the molecule is O=C(N[C@H]1C[C@H]2COC[C@@H](C1)N2)c1cn(-c2ccns2)c2ccccc12. The molecule has 0 unspecified atom stereocenters. The highest BCUT2D eigenvalue weighted by atomic mass is 32.1. The second-order valence-corrected chi connectivity index (χ2v) is 7.83. The minimum absolute atomic E-state index is 0.00430. The summed E-state index contributed by atoms with van der Waals surface area (Å²) in [5.41, 5.74) is 1.74. The van der Waals surface area contributed by atoms with Gasteiger partial charge >= 0.3 is 0 Å². The van der Waals surface area contributed by atoms with Gasteiger partial charge in [-0.2, -0.15) is 4.37 Å². The molecule has 4 heterocycles. The molecule has 134 valence electrons. The van der Waals surface area contributed by atoms with Crippen molar-refractivity contribution in [2.45, 2.75) is 31.0 Å². The van der Waals surface area contributed by atoms with Gasteiger partial charge in [0.25, 0.3) is 5.91 Å². The van der Waals surface area contributed by atoms with Crippen LogP contribution < -0.4 is 10.6 Å². The largest absolute Gasteiger partial charge is 0.378 e. The van der Waals surface area contributed by atoms with E-state index in [0.717, 1.165) is 42.0 Å². The van der Waals surface area contributed by atoms with Crippen LogP contribution in [-0.2, 0) is 4.74 Å². The van der Waals surface area contributed by atoms with Crippen molar-refractivity contribution in [3.05, 3.63) is 48.3 Å². The smallest absolute Gasteiger partial charge is 0.253 e. The van der Waals surface area contributed by atoms with Crippen LogP contribution in [0.2, 0.25) is 0 Å². The second-order valence-electron chi connectivity index (χ2n) is 7.02. The summed E-state index contributed by atoms with van der Waals surface area (Å²) in [6.45, 7) is 1.46. The molecule has 0 spiro atoms. The van der Waals surface area contributed by atoms with Crippen molar-refractivity contribution in [3.8, 4) is 5.00 Å². The molecule has 2 N–H and O–H groups in total. The third-order valence-corrected chi connectivity index (χ3v) is 5.95. The number of fused-ring (bicyclic) bond motifs is 3. The summed E-state index contributed by atoms with van der Waals surface area (Å²) in [6, 6.07) is 10.8. The Labute approximate surface area is 155 Å². The van der Waals surface area contributed by atoms with E-state index in [4.69, 9.17) is 4.74 Å². The zero-order valence-corrected chi connectivity index (χ0v) is 15.0. The first kappa shape index (κ1) is 16.0. The molecular weight excluding hydrogens is 348 g/mol. The number of para-hydroxylation sites is 1. The van der Waals surface area contributed by atoms with Crippen molar-refractivity contribution in [2.75, 3.05) is 13.2 Å². The standard InChI is InChI=1S/C19H20N4O2S/c24-19(22-12-7-13-10-25-11-14(8-12)21-13)16-9-23(18-5-6-20-26-18)17-4-2-1-3-15(16)17/h1-6,9,12-14,21H,7-8,10-11H2,(H,22,24)/t12-,13-,14+. The lowest BCUT2D eigenvalue weighted by Gasteiger charge is -2.40. The molecule has 3 aromatic rings. The van der Waals surface area contributed by atoms with Gasteiger partial charge in [-0.05, 0) is 36.5 Å². The van der Waals surface area contributed by atoms with Gasteiger partial charge in [-0.1, -0.05) is 18.2 Å². The van der Waals surface area contributed by atoms with Crippen LogP contribution in [0.25, 0.3) is 15.9 Å². The molecule has 0 saturated carbocycles. The molecule has 7 heteroatoms. The van der Waals surface area contributed by atoms with Crippen LogP contribution in [0, 0.1) is 0 Å². The van der Waals surface area contributed by atoms with Crippen molar-refractivity contribution in [1.82, 2.24) is 19.6 Å². The summed E-state index contributed by atoms with van der Waals surface area (Å²) in [6.07, 6.45) is 5.54. The molecule has 1 amide bonds. The number of piperidine rings is 1. The highest BCUT2D eigenvalue weighted by Crippen LogP contribution is 2.27. The highest BCUT2D eigenvalue weighted by Gasteiger charge is 2.33. The number of rotatable bonds is 3. The van der Waals surface area contributed by atoms with Gasteiger partial charge in [0, 0.05) is 35.9 Å². The van der Waals surface area contributed by atoms with Crippen molar-refractivity contribution in [3.63, 3.8) is 0 Å². The molecule has 2 aromatic heterocycles. The fraction of sp³-hybridized carbons (Fsp3) is 0.368. The summed E-state index contributed by atoms with van der Waals surface area (Å²) in [7, 11) is 0. The molecular formula is C19H20N4O2S. The van der Waals surface area contributed by atoms with E-state index >= 15 is 0 Å². The number of carbonyl (C=O) groups excluding carboxylic acids is 1. The van der Waals surface area contributed by atoms with Gasteiger partial charge in [0.2, 0.25) is 0 Å². The van der Waals surface area contributed by atoms with Crippen LogP contribution in [0.5, 0.6) is 0 Å². The first-order valence-electron chi connectivity index (χ1n) is 8.94. The van der Waals surface area contributed by atoms with Crippen molar-refractivity contribution >= 4 is 28.3 Å². The Bertz CT molecular complexity index is 924. The van der Waals surface area contributed by atoms with E-state index in [0.29, 0.717) is 17.6 Å². The lowest BCUT2D eigenvalue weighted by atomic mass is 9.92. The van der Waals surface area contributed by atoms with E-state index in [9.17, 15) is 4.79 Å². The average molecular weight is 368 g/mol. The maximum atomic E-state index is 13.0. The van der Waals surface area contributed by atoms with E-state index in [1.807, 2.05) is 41.1 Å². The minimum Gasteiger partial charge on any atom is -0.378 e. The minimum atomic E-state index is -0.00430. The van der Waals surface area contributed by atoms with Crippen molar-refractivity contribution in [2.24, 2.45) is 0 Å². The number of benzene rings is 1. The number of hydrogen-bond donors (Lipinski definition) is 2. The average Bonchev–Trinajstić information content (AvgIpc) is 3.29. The van der Waals surface area contributed by atoms with Crippen LogP contribution >= 0.6 is 11.5 Å². The molecule has 0 aliphatic carbocycles. The maximum Gasteiger partial charge on any atom is 0.253 e. The maximum absolute atomic E-state index is 13.0. The summed E-state index contributed by atoms with van der Waals surface area (Å²) >= 11 is 1.42. The first-order chi connectivity index (χ1) is 12.8. The Hall–Kier alpha value is -2.22. The summed E-state index contributed by atoms with van der Waals surface area (Å²) in [5, 5.41) is 8.79. The Balaban J connectivity index is 1.44. The summed E-state index contributed by atoms with van der Waals surface area (Å²) in [5.74, 6) is -0.00430. The summed E-state index contributed by atoms with van der Waals surface area (Å²) in [4.78, 5) is 13.0. The predicted molar refractivity (Wildman–Crippen MR) is 101 cm³/mol. The Kier molecular flexibility index (Phi) is 4.00. The van der Waals surface area contributed by atoms with Gasteiger partial charge < -0.3 is 19.9 Å². The number of nitrogens with zero attached hydrogens (tertiary/aromatic N) is 2. The number of amides is 1. The lowest BCUT2D eigenvalue weighted by molar-refractivity contribution is 0.0148. The monoisotopic (exact) mass is 368 g/mol. The van der Waals surface area contributed by atoms with Crippen LogP contribution in [0.3, 0.4) is 0 Å². The summed E-state index contributed by atoms with van der Waals surface area (Å²) < 4.78 is 11.8. The highest BCUT2D eigenvalue weighted by molar-refractivity contribution is 7.08. The molecule has 2 aliphatic heterocycles. The molecule has 2 aliphatic rings. The van der Waals surface area contributed by atoms with E-state index < -0.39 is 0 Å². The fourth-order valence-electron chi connectivity index (χ4n) is 4.09. The third-order valence-electron chi connectivity index (χ3n) is 5.20. The normalized spacial score (nSPS) is 25.3. The molecule has 5 rings (SSSR count). The zero-order chi connectivity index (χ0) is 17.5. The van der Waals surface area contributed by atoms with Gasteiger partial charge in [-0.25, -0.2) is 0 Å². The number of hydrogen-bond acceptors (Lipinski definition) is 5. The second kappa shape index (κ2) is 6.50. The van der Waals surface area contributed by atoms with E-state index in [1.165, 1.54) is 11.5 Å². The van der Waals surface area contributed by atoms with Gasteiger partial charge in [-0.3, -0.25) is 4.79 Å². The topological polar surface area (TPSA) is 68.2 Å². The molecule has 1 aromatic carbocycles. The number of nitrogens with one attached hydrogen (secondary N) is 2. The fourth-order valence-corrected chi connectivity index (χ4v) is 4.69. The molecule has 2 saturated heterocycles. The number of ether oxygens (including phenoxy) is 1. The van der Waals surface area contributed by atoms with Crippen molar-refractivity contribution < 1.29 is 9.53 Å². The Morgan fingerprint density at radius 2 is 2.04 bits per heavy atom. The van der Waals surface area contributed by atoms with Crippen LogP contribution in [0.4, 0.5) is 0 Å².